The van der Waals surface area contributed by atoms with Crippen molar-refractivity contribution < 1.29 is 9.18 Å². The van der Waals surface area contributed by atoms with Gasteiger partial charge in [0.05, 0.1) is 10.7 Å². The van der Waals surface area contributed by atoms with Crippen LogP contribution in [0.25, 0.3) is 5.78 Å². The second-order valence-electron chi connectivity index (χ2n) is 4.76. The summed E-state index contributed by atoms with van der Waals surface area (Å²) in [6, 6.07) is 5.52. The summed E-state index contributed by atoms with van der Waals surface area (Å²) in [7, 11) is 0. The molecule has 0 unspecified atom stereocenters. The highest BCUT2D eigenvalue weighted by molar-refractivity contribution is 6.33. The molecular formula is C14H11ClFN5O. The molecule has 3 rings (SSSR count). The molecule has 22 heavy (non-hydrogen) atoms. The fraction of sp³-hybridized carbons (Fsp3) is 0.143. The molecule has 0 radical (unpaired) electrons. The van der Waals surface area contributed by atoms with E-state index < -0.39 is 11.7 Å². The van der Waals surface area contributed by atoms with Crippen LogP contribution >= 0.6 is 11.6 Å². The van der Waals surface area contributed by atoms with Crippen molar-refractivity contribution in [1.29, 1.82) is 0 Å². The number of hydrogen-bond donors (Lipinski definition) is 1. The van der Waals surface area contributed by atoms with Gasteiger partial charge in [-0.3, -0.25) is 4.79 Å². The second kappa shape index (κ2) is 5.34. The van der Waals surface area contributed by atoms with Crippen molar-refractivity contribution in [3.63, 3.8) is 0 Å². The second-order valence-corrected chi connectivity index (χ2v) is 5.17. The van der Waals surface area contributed by atoms with E-state index in [1.807, 2.05) is 19.9 Å². The Labute approximate surface area is 130 Å². The average molecular weight is 320 g/mol. The van der Waals surface area contributed by atoms with E-state index in [0.717, 1.165) is 17.5 Å². The molecule has 0 bridgehead atoms. The lowest BCUT2D eigenvalue weighted by Gasteiger charge is -2.04. The van der Waals surface area contributed by atoms with Crippen LogP contribution in [0.15, 0.2) is 24.3 Å². The topological polar surface area (TPSA) is 72.2 Å². The van der Waals surface area contributed by atoms with Crippen molar-refractivity contribution in [2.75, 3.05) is 5.32 Å². The molecule has 0 spiro atoms. The zero-order valence-electron chi connectivity index (χ0n) is 11.8. The van der Waals surface area contributed by atoms with E-state index in [2.05, 4.69) is 20.4 Å². The predicted octanol–water partition coefficient (Wildman–Crippen LogP) is 2.79. The number of halogens is 2. The fourth-order valence-corrected chi connectivity index (χ4v) is 2.25. The van der Waals surface area contributed by atoms with E-state index in [1.54, 1.807) is 0 Å². The molecule has 3 aromatic rings. The van der Waals surface area contributed by atoms with Gasteiger partial charge in [0.2, 0.25) is 5.82 Å². The number of hydrogen-bond acceptors (Lipinski definition) is 4. The Morgan fingerprint density at radius 1 is 1.27 bits per heavy atom. The molecule has 0 aliphatic rings. The molecule has 8 heteroatoms. The maximum absolute atomic E-state index is 13.0. The van der Waals surface area contributed by atoms with Gasteiger partial charge in [0.15, 0.2) is 0 Å². The van der Waals surface area contributed by atoms with E-state index in [4.69, 9.17) is 11.6 Å². The molecule has 0 fully saturated rings. The lowest BCUT2D eigenvalue weighted by atomic mass is 10.3. The lowest BCUT2D eigenvalue weighted by Crippen LogP contribution is -2.14. The van der Waals surface area contributed by atoms with Crippen molar-refractivity contribution in [2.24, 2.45) is 0 Å². The SMILES string of the molecule is Cc1cc(C)n2nc(C(=O)Nc3ccc(F)cc3Cl)nc2n1. The van der Waals surface area contributed by atoms with Gasteiger partial charge in [-0.1, -0.05) is 11.6 Å². The minimum Gasteiger partial charge on any atom is -0.318 e. The summed E-state index contributed by atoms with van der Waals surface area (Å²) in [6.45, 7) is 3.68. The third kappa shape index (κ3) is 2.62. The number of anilines is 1. The Kier molecular flexibility index (Phi) is 3.50. The molecule has 112 valence electrons. The van der Waals surface area contributed by atoms with Crippen LogP contribution in [0.5, 0.6) is 0 Å². The van der Waals surface area contributed by atoms with Crippen LogP contribution in [0.3, 0.4) is 0 Å². The zero-order chi connectivity index (χ0) is 15.9. The third-order valence-corrected chi connectivity index (χ3v) is 3.31. The minimum absolute atomic E-state index is 0.0402. The highest BCUT2D eigenvalue weighted by atomic mass is 35.5. The van der Waals surface area contributed by atoms with Crippen LogP contribution in [0, 0.1) is 19.7 Å². The number of amides is 1. The van der Waals surface area contributed by atoms with E-state index in [9.17, 15) is 9.18 Å². The Balaban J connectivity index is 1.93. The van der Waals surface area contributed by atoms with Gasteiger partial charge in [-0.15, -0.1) is 5.10 Å². The molecule has 1 amide bonds. The van der Waals surface area contributed by atoms with Crippen LogP contribution in [-0.4, -0.2) is 25.5 Å². The van der Waals surface area contributed by atoms with Gasteiger partial charge in [0.25, 0.3) is 11.7 Å². The average Bonchev–Trinajstić information content (AvgIpc) is 2.86. The molecule has 1 aromatic carbocycles. The summed E-state index contributed by atoms with van der Waals surface area (Å²) < 4.78 is 14.5. The van der Waals surface area contributed by atoms with E-state index >= 15 is 0 Å². The van der Waals surface area contributed by atoms with Crippen molar-refractivity contribution in [3.05, 3.63) is 52.3 Å². The number of aromatic nitrogens is 4. The van der Waals surface area contributed by atoms with Crippen LogP contribution in [0.2, 0.25) is 5.02 Å². The first-order chi connectivity index (χ1) is 10.4. The summed E-state index contributed by atoms with van der Waals surface area (Å²) in [5.41, 5.74) is 1.88. The third-order valence-electron chi connectivity index (χ3n) is 3.00. The Hall–Kier alpha value is -2.54. The maximum atomic E-state index is 13.0. The molecule has 0 atom stereocenters. The lowest BCUT2D eigenvalue weighted by molar-refractivity contribution is 0.101. The van der Waals surface area contributed by atoms with Gasteiger partial charge in [-0.25, -0.2) is 13.9 Å². The molecule has 2 aromatic heterocycles. The summed E-state index contributed by atoms with van der Waals surface area (Å²) in [4.78, 5) is 20.5. The van der Waals surface area contributed by atoms with Gasteiger partial charge >= 0.3 is 0 Å². The molecule has 0 aliphatic heterocycles. The van der Waals surface area contributed by atoms with Crippen molar-refractivity contribution in [3.8, 4) is 0 Å². The summed E-state index contributed by atoms with van der Waals surface area (Å²) in [5.74, 6) is -0.727. The number of fused-ring (bicyclic) bond motifs is 1. The van der Waals surface area contributed by atoms with Crippen molar-refractivity contribution in [1.82, 2.24) is 19.6 Å². The fourth-order valence-electron chi connectivity index (χ4n) is 2.03. The summed E-state index contributed by atoms with van der Waals surface area (Å²) in [5, 5.41) is 6.75. The largest absolute Gasteiger partial charge is 0.318 e. The van der Waals surface area contributed by atoms with Gasteiger partial charge in [-0.05, 0) is 38.1 Å². The van der Waals surface area contributed by atoms with Crippen LogP contribution in [-0.2, 0) is 0 Å². The van der Waals surface area contributed by atoms with Gasteiger partial charge in [0.1, 0.15) is 5.82 Å². The van der Waals surface area contributed by atoms with Crippen LogP contribution in [0.4, 0.5) is 10.1 Å². The zero-order valence-corrected chi connectivity index (χ0v) is 12.5. The first-order valence-corrected chi connectivity index (χ1v) is 6.79. The van der Waals surface area contributed by atoms with Crippen LogP contribution in [0.1, 0.15) is 22.0 Å². The van der Waals surface area contributed by atoms with Gasteiger partial charge in [0, 0.05) is 11.4 Å². The monoisotopic (exact) mass is 319 g/mol. The van der Waals surface area contributed by atoms with Gasteiger partial charge < -0.3 is 5.32 Å². The Morgan fingerprint density at radius 2 is 2.05 bits per heavy atom. The first kappa shape index (κ1) is 14.4. The maximum Gasteiger partial charge on any atom is 0.295 e. The molecule has 0 saturated heterocycles. The first-order valence-electron chi connectivity index (χ1n) is 6.41. The summed E-state index contributed by atoms with van der Waals surface area (Å²) in [6.07, 6.45) is 0. The number of aryl methyl sites for hydroxylation is 2. The quantitative estimate of drug-likeness (QED) is 0.788. The number of rotatable bonds is 2. The van der Waals surface area contributed by atoms with E-state index in [1.165, 1.54) is 16.6 Å². The van der Waals surface area contributed by atoms with Crippen molar-refractivity contribution in [2.45, 2.75) is 13.8 Å². The molecule has 1 N–H and O–H groups in total. The Bertz CT molecular complexity index is 892. The number of carbonyl (C=O) groups is 1. The number of nitrogens with one attached hydrogen (secondary N) is 1. The summed E-state index contributed by atoms with van der Waals surface area (Å²) >= 11 is 5.87. The van der Waals surface area contributed by atoms with Crippen LogP contribution < -0.4 is 5.32 Å². The number of nitrogens with zero attached hydrogens (tertiary/aromatic N) is 4. The molecule has 2 heterocycles. The standard InChI is InChI=1S/C14H11ClFN5O/c1-7-5-8(2)21-14(17-7)19-12(20-21)13(22)18-11-4-3-9(16)6-10(11)15/h3-6H,1-2H3,(H,18,22). The Morgan fingerprint density at radius 3 is 2.77 bits per heavy atom. The molecule has 0 saturated carbocycles. The molecular weight excluding hydrogens is 309 g/mol. The van der Waals surface area contributed by atoms with E-state index in [0.29, 0.717) is 5.78 Å². The number of carbonyl (C=O) groups excluding carboxylic acids is 1. The van der Waals surface area contributed by atoms with Gasteiger partial charge in [-0.2, -0.15) is 4.98 Å². The minimum atomic E-state index is -0.545. The molecule has 6 nitrogen and oxygen atoms in total. The van der Waals surface area contributed by atoms with E-state index in [-0.39, 0.29) is 16.5 Å². The highest BCUT2D eigenvalue weighted by Gasteiger charge is 2.16. The normalized spacial score (nSPS) is 10.9. The molecule has 0 aliphatic carbocycles. The number of benzene rings is 1. The smallest absolute Gasteiger partial charge is 0.295 e. The van der Waals surface area contributed by atoms with Crippen molar-refractivity contribution >= 4 is 29.0 Å². The highest BCUT2D eigenvalue weighted by Crippen LogP contribution is 2.22. The predicted molar refractivity (Wildman–Crippen MR) is 79.6 cm³/mol.